The first-order valence-corrected chi connectivity index (χ1v) is 7.05. The highest BCUT2D eigenvalue weighted by atomic mass is 127. The van der Waals surface area contributed by atoms with Crippen LogP contribution < -0.4 is 5.32 Å². The molecular weight excluding hydrogens is 398 g/mol. The van der Waals surface area contributed by atoms with Gasteiger partial charge in [0.05, 0.1) is 10.5 Å². The molecule has 0 aliphatic heterocycles. The van der Waals surface area contributed by atoms with Crippen LogP contribution in [0, 0.1) is 19.5 Å². The van der Waals surface area contributed by atoms with Crippen molar-refractivity contribution in [3.05, 3.63) is 66.5 Å². The van der Waals surface area contributed by atoms with Crippen molar-refractivity contribution in [2.24, 2.45) is 0 Å². The zero-order chi connectivity index (χ0) is 14.7. The van der Waals surface area contributed by atoms with E-state index in [0.29, 0.717) is 10.6 Å². The third-order valence-corrected chi connectivity index (χ3v) is 3.77. The van der Waals surface area contributed by atoms with Crippen molar-refractivity contribution in [1.82, 2.24) is 0 Å². The van der Waals surface area contributed by atoms with Crippen molar-refractivity contribution >= 4 is 45.6 Å². The summed E-state index contributed by atoms with van der Waals surface area (Å²) >= 11 is 7.95. The van der Waals surface area contributed by atoms with E-state index in [9.17, 15) is 14.5 Å². The van der Waals surface area contributed by atoms with Crippen LogP contribution in [-0.4, -0.2) is 4.92 Å². The molecule has 0 aliphatic carbocycles. The van der Waals surface area contributed by atoms with Crippen LogP contribution in [0.5, 0.6) is 0 Å². The topological polar surface area (TPSA) is 55.2 Å². The molecule has 20 heavy (non-hydrogen) atoms. The van der Waals surface area contributed by atoms with E-state index in [1.165, 1.54) is 6.07 Å². The Balaban J connectivity index is 2.22. The van der Waals surface area contributed by atoms with Gasteiger partial charge in [-0.25, -0.2) is 4.39 Å². The highest BCUT2D eigenvalue weighted by molar-refractivity contribution is 14.1. The predicted molar refractivity (Wildman–Crippen MR) is 84.6 cm³/mol. The van der Waals surface area contributed by atoms with Crippen LogP contribution in [0.25, 0.3) is 0 Å². The van der Waals surface area contributed by atoms with Gasteiger partial charge in [-0.2, -0.15) is 0 Å². The maximum Gasteiger partial charge on any atom is 0.274 e. The van der Waals surface area contributed by atoms with Gasteiger partial charge >= 0.3 is 0 Å². The first-order valence-electron chi connectivity index (χ1n) is 5.59. The molecule has 1 N–H and O–H groups in total. The van der Waals surface area contributed by atoms with Crippen LogP contribution >= 0.6 is 34.2 Å². The molecule has 0 amide bonds. The molecule has 0 aliphatic rings. The average Bonchev–Trinajstić information content (AvgIpc) is 2.37. The van der Waals surface area contributed by atoms with Crippen LogP contribution in [-0.2, 0) is 6.54 Å². The summed E-state index contributed by atoms with van der Waals surface area (Å²) in [5.74, 6) is -0.502. The Bertz CT molecular complexity index is 667. The van der Waals surface area contributed by atoms with E-state index < -0.39 is 10.7 Å². The lowest BCUT2D eigenvalue weighted by molar-refractivity contribution is -0.385. The lowest BCUT2D eigenvalue weighted by Gasteiger charge is -2.09. The Morgan fingerprint density at radius 2 is 2.05 bits per heavy atom. The fraction of sp³-hybridized carbons (Fsp3) is 0.0769. The lowest BCUT2D eigenvalue weighted by atomic mass is 10.1. The summed E-state index contributed by atoms with van der Waals surface area (Å²) in [6.07, 6.45) is 0. The molecule has 0 aromatic heterocycles. The molecule has 4 nitrogen and oxygen atoms in total. The van der Waals surface area contributed by atoms with Crippen molar-refractivity contribution in [1.29, 1.82) is 0 Å². The monoisotopic (exact) mass is 406 g/mol. The second kappa shape index (κ2) is 6.36. The highest BCUT2D eigenvalue weighted by Gasteiger charge is 2.14. The van der Waals surface area contributed by atoms with E-state index in [1.807, 2.05) is 0 Å². The summed E-state index contributed by atoms with van der Waals surface area (Å²) < 4.78 is 14.1. The van der Waals surface area contributed by atoms with Crippen LogP contribution in [0.4, 0.5) is 15.8 Å². The number of hydrogen-bond acceptors (Lipinski definition) is 3. The van der Waals surface area contributed by atoms with Crippen LogP contribution in [0.1, 0.15) is 5.56 Å². The largest absolute Gasteiger partial charge is 0.380 e. The zero-order valence-electron chi connectivity index (χ0n) is 10.1. The molecule has 0 spiro atoms. The van der Waals surface area contributed by atoms with Gasteiger partial charge in [0.1, 0.15) is 5.82 Å². The predicted octanol–water partition coefficient (Wildman–Crippen LogP) is 4.60. The standard InChI is InChI=1S/C13H9ClFIN2O2/c14-9-1-3-12(11(16)6-9)17-7-8-5-10(15)2-4-13(8)18(19)20/h1-6,17H,7H2. The number of nitro benzene ring substituents is 1. The number of rotatable bonds is 4. The molecule has 0 atom stereocenters. The van der Waals surface area contributed by atoms with E-state index in [2.05, 4.69) is 27.9 Å². The maximum atomic E-state index is 13.2. The summed E-state index contributed by atoms with van der Waals surface area (Å²) in [6.45, 7) is 0.158. The van der Waals surface area contributed by atoms with Crippen molar-refractivity contribution in [3.63, 3.8) is 0 Å². The number of anilines is 1. The number of nitrogens with one attached hydrogen (secondary N) is 1. The van der Waals surface area contributed by atoms with Gasteiger partial charge in [-0.05, 0) is 52.9 Å². The fourth-order valence-corrected chi connectivity index (χ4v) is 2.76. The quantitative estimate of drug-likeness (QED) is 0.458. The molecule has 0 heterocycles. The number of hydrogen-bond donors (Lipinski definition) is 1. The molecule has 0 saturated heterocycles. The minimum Gasteiger partial charge on any atom is -0.380 e. The van der Waals surface area contributed by atoms with Gasteiger partial charge in [0.15, 0.2) is 0 Å². The minimum atomic E-state index is -0.525. The second-order valence-electron chi connectivity index (χ2n) is 4.01. The first kappa shape index (κ1) is 15.0. The molecule has 0 unspecified atom stereocenters. The van der Waals surface area contributed by atoms with E-state index in [4.69, 9.17) is 11.6 Å². The summed E-state index contributed by atoms with van der Waals surface area (Å²) in [5.41, 5.74) is 0.970. The minimum absolute atomic E-state index is 0.108. The maximum absolute atomic E-state index is 13.2. The molecule has 0 bridgehead atoms. The summed E-state index contributed by atoms with van der Waals surface area (Å²) in [5, 5.41) is 14.5. The molecule has 0 fully saturated rings. The zero-order valence-corrected chi connectivity index (χ0v) is 13.0. The Kier molecular flexibility index (Phi) is 4.77. The van der Waals surface area contributed by atoms with Gasteiger partial charge in [0.2, 0.25) is 0 Å². The van der Waals surface area contributed by atoms with Gasteiger partial charge < -0.3 is 5.32 Å². The second-order valence-corrected chi connectivity index (χ2v) is 5.61. The molecule has 0 saturated carbocycles. The molecule has 2 rings (SSSR count). The Labute approximate surface area is 133 Å². The summed E-state index contributed by atoms with van der Waals surface area (Å²) in [6, 6.07) is 8.66. The first-order chi connectivity index (χ1) is 9.47. The van der Waals surface area contributed by atoms with Crippen molar-refractivity contribution in [2.45, 2.75) is 6.54 Å². The molecular formula is C13H9ClFIN2O2. The Morgan fingerprint density at radius 3 is 2.70 bits per heavy atom. The van der Waals surface area contributed by atoms with E-state index in [1.54, 1.807) is 18.2 Å². The third kappa shape index (κ3) is 3.57. The fourth-order valence-electron chi connectivity index (χ4n) is 1.70. The number of benzene rings is 2. The van der Waals surface area contributed by atoms with Crippen LogP contribution in [0.15, 0.2) is 36.4 Å². The molecule has 2 aromatic carbocycles. The van der Waals surface area contributed by atoms with Crippen LogP contribution in [0.3, 0.4) is 0 Å². The number of nitro groups is 1. The van der Waals surface area contributed by atoms with Gasteiger partial charge in [0, 0.05) is 26.9 Å². The van der Waals surface area contributed by atoms with Gasteiger partial charge in [-0.1, -0.05) is 11.6 Å². The summed E-state index contributed by atoms with van der Waals surface area (Å²) in [7, 11) is 0. The van der Waals surface area contributed by atoms with Gasteiger partial charge in [-0.15, -0.1) is 0 Å². The third-order valence-electron chi connectivity index (χ3n) is 2.64. The van der Waals surface area contributed by atoms with E-state index in [0.717, 1.165) is 21.4 Å². The van der Waals surface area contributed by atoms with Crippen LogP contribution in [0.2, 0.25) is 5.02 Å². The lowest BCUT2D eigenvalue weighted by Crippen LogP contribution is -2.04. The van der Waals surface area contributed by atoms with Gasteiger partial charge in [-0.3, -0.25) is 10.1 Å². The van der Waals surface area contributed by atoms with Gasteiger partial charge in [0.25, 0.3) is 5.69 Å². The normalized spacial score (nSPS) is 10.3. The molecule has 0 radical (unpaired) electrons. The Morgan fingerprint density at radius 1 is 1.30 bits per heavy atom. The van der Waals surface area contributed by atoms with Crippen molar-refractivity contribution in [3.8, 4) is 0 Å². The molecule has 104 valence electrons. The van der Waals surface area contributed by atoms with E-state index >= 15 is 0 Å². The SMILES string of the molecule is O=[N+]([O-])c1ccc(F)cc1CNc1ccc(Cl)cc1I. The molecule has 7 heteroatoms. The number of halogens is 3. The molecule has 2 aromatic rings. The van der Waals surface area contributed by atoms with Crippen molar-refractivity contribution < 1.29 is 9.31 Å². The average molecular weight is 407 g/mol. The number of nitrogens with zero attached hydrogens (tertiary/aromatic N) is 1. The van der Waals surface area contributed by atoms with E-state index in [-0.39, 0.29) is 12.2 Å². The smallest absolute Gasteiger partial charge is 0.274 e. The summed E-state index contributed by atoms with van der Waals surface area (Å²) in [4.78, 5) is 10.4. The Hall–Kier alpha value is -1.41. The van der Waals surface area contributed by atoms with Crippen molar-refractivity contribution in [2.75, 3.05) is 5.32 Å². The highest BCUT2D eigenvalue weighted by Crippen LogP contribution is 2.25.